The van der Waals surface area contributed by atoms with Gasteiger partial charge in [-0.15, -0.1) is 0 Å². The summed E-state index contributed by atoms with van der Waals surface area (Å²) < 4.78 is 11.1. The topological polar surface area (TPSA) is 68.5 Å². The normalized spacial score (nSPS) is 13.5. The van der Waals surface area contributed by atoms with Crippen LogP contribution in [0, 0.1) is 6.92 Å². The van der Waals surface area contributed by atoms with Gasteiger partial charge in [0.2, 0.25) is 0 Å². The van der Waals surface area contributed by atoms with Gasteiger partial charge in [0.1, 0.15) is 18.1 Å². The highest BCUT2D eigenvalue weighted by Crippen LogP contribution is 2.29. The summed E-state index contributed by atoms with van der Waals surface area (Å²) in [6, 6.07) is 7.01. The van der Waals surface area contributed by atoms with Gasteiger partial charge in [-0.25, -0.2) is 0 Å². The van der Waals surface area contributed by atoms with E-state index in [0.29, 0.717) is 53.7 Å². The molecule has 1 aromatic carbocycles. The summed E-state index contributed by atoms with van der Waals surface area (Å²) in [5.74, 6) is 1.27. The number of amides is 1. The molecular weight excluding hydrogens is 330 g/mol. The van der Waals surface area contributed by atoms with Crippen LogP contribution in [-0.2, 0) is 6.42 Å². The summed E-state index contributed by atoms with van der Waals surface area (Å²) in [7, 11) is 0. The van der Waals surface area contributed by atoms with E-state index >= 15 is 0 Å². The summed E-state index contributed by atoms with van der Waals surface area (Å²) in [6.45, 7) is 2.41. The zero-order valence-corrected chi connectivity index (χ0v) is 14.1. The molecule has 1 heterocycles. The van der Waals surface area contributed by atoms with Crippen molar-refractivity contribution in [2.24, 2.45) is 0 Å². The Morgan fingerprint density at radius 1 is 1.29 bits per heavy atom. The summed E-state index contributed by atoms with van der Waals surface area (Å²) in [4.78, 5) is 24.2. The van der Waals surface area contributed by atoms with Crippen LogP contribution >= 0.6 is 11.6 Å². The standard InChI is InChI=1S/C18H18ClNO4/c1-11-16-14(21)3-2-4-15(16)24-17(11)18(22)20-9-10-23-13-7-5-12(19)6-8-13/h5-8H,2-4,9-10H2,1H3,(H,20,22). The first kappa shape index (κ1) is 16.6. The van der Waals surface area contributed by atoms with E-state index in [1.165, 1.54) is 0 Å². The molecule has 0 saturated carbocycles. The fourth-order valence-electron chi connectivity index (χ4n) is 2.81. The first-order valence-corrected chi connectivity index (χ1v) is 8.26. The number of carbonyl (C=O) groups excluding carboxylic acids is 2. The summed E-state index contributed by atoms with van der Waals surface area (Å²) in [6.07, 6.45) is 1.99. The van der Waals surface area contributed by atoms with Crippen LogP contribution in [0.15, 0.2) is 28.7 Å². The molecule has 6 heteroatoms. The number of hydrogen-bond donors (Lipinski definition) is 1. The predicted octanol–water partition coefficient (Wildman–Crippen LogP) is 3.57. The van der Waals surface area contributed by atoms with Crippen LogP contribution in [0.25, 0.3) is 0 Å². The number of carbonyl (C=O) groups is 2. The molecule has 0 aliphatic heterocycles. The molecule has 1 aromatic heterocycles. The van der Waals surface area contributed by atoms with Crippen molar-refractivity contribution in [3.05, 3.63) is 51.9 Å². The second kappa shape index (κ2) is 7.09. The number of furan rings is 1. The first-order valence-electron chi connectivity index (χ1n) is 7.88. The Bertz CT molecular complexity index is 764. The van der Waals surface area contributed by atoms with Crippen molar-refractivity contribution in [3.63, 3.8) is 0 Å². The van der Waals surface area contributed by atoms with E-state index in [2.05, 4.69) is 5.32 Å². The van der Waals surface area contributed by atoms with E-state index in [-0.39, 0.29) is 17.5 Å². The van der Waals surface area contributed by atoms with Gasteiger partial charge in [-0.3, -0.25) is 9.59 Å². The fourth-order valence-corrected chi connectivity index (χ4v) is 2.94. The van der Waals surface area contributed by atoms with Gasteiger partial charge in [-0.05, 0) is 37.6 Å². The molecule has 126 valence electrons. The van der Waals surface area contributed by atoms with Crippen LogP contribution in [0.4, 0.5) is 0 Å². The van der Waals surface area contributed by atoms with E-state index in [1.54, 1.807) is 31.2 Å². The number of nitrogens with one attached hydrogen (secondary N) is 1. The minimum atomic E-state index is -0.325. The second-order valence-electron chi connectivity index (χ2n) is 5.69. The van der Waals surface area contributed by atoms with E-state index in [9.17, 15) is 9.59 Å². The fraction of sp³-hybridized carbons (Fsp3) is 0.333. The number of benzene rings is 1. The van der Waals surface area contributed by atoms with Crippen molar-refractivity contribution in [1.29, 1.82) is 0 Å². The summed E-state index contributed by atoms with van der Waals surface area (Å²) in [5.41, 5.74) is 1.22. The van der Waals surface area contributed by atoms with E-state index in [4.69, 9.17) is 20.8 Å². The number of fused-ring (bicyclic) bond motifs is 1. The Labute approximate surface area is 144 Å². The summed E-state index contributed by atoms with van der Waals surface area (Å²) >= 11 is 5.80. The van der Waals surface area contributed by atoms with Gasteiger partial charge >= 0.3 is 0 Å². The molecule has 1 amide bonds. The van der Waals surface area contributed by atoms with Gasteiger partial charge in [0, 0.05) is 23.4 Å². The molecule has 0 unspecified atom stereocenters. The lowest BCUT2D eigenvalue weighted by Crippen LogP contribution is -2.28. The number of rotatable bonds is 5. The lowest BCUT2D eigenvalue weighted by molar-refractivity contribution is 0.0913. The maximum absolute atomic E-state index is 12.3. The van der Waals surface area contributed by atoms with E-state index in [0.717, 1.165) is 6.42 Å². The highest BCUT2D eigenvalue weighted by atomic mass is 35.5. The molecule has 0 atom stereocenters. The third-order valence-electron chi connectivity index (χ3n) is 3.98. The van der Waals surface area contributed by atoms with E-state index in [1.807, 2.05) is 0 Å². The highest BCUT2D eigenvalue weighted by molar-refractivity contribution is 6.30. The van der Waals surface area contributed by atoms with Gasteiger partial charge in [0.05, 0.1) is 12.1 Å². The Morgan fingerprint density at radius 2 is 2.04 bits per heavy atom. The Balaban J connectivity index is 1.56. The molecule has 2 aromatic rings. The molecule has 0 fully saturated rings. The van der Waals surface area contributed by atoms with Crippen molar-refractivity contribution < 1.29 is 18.7 Å². The minimum absolute atomic E-state index is 0.0580. The largest absolute Gasteiger partial charge is 0.492 e. The number of hydrogen-bond acceptors (Lipinski definition) is 4. The van der Waals surface area contributed by atoms with Crippen molar-refractivity contribution in [2.75, 3.05) is 13.2 Å². The van der Waals surface area contributed by atoms with Crippen LogP contribution in [0.5, 0.6) is 5.75 Å². The third-order valence-corrected chi connectivity index (χ3v) is 4.23. The number of ketones is 1. The molecule has 1 aliphatic rings. The van der Waals surface area contributed by atoms with Crippen molar-refractivity contribution in [1.82, 2.24) is 5.32 Å². The molecule has 1 aliphatic carbocycles. The minimum Gasteiger partial charge on any atom is -0.492 e. The summed E-state index contributed by atoms with van der Waals surface area (Å²) in [5, 5.41) is 3.39. The molecular formula is C18H18ClNO4. The van der Waals surface area contributed by atoms with Gasteiger partial charge in [0.25, 0.3) is 5.91 Å². The quantitative estimate of drug-likeness (QED) is 0.839. The SMILES string of the molecule is Cc1c(C(=O)NCCOc2ccc(Cl)cc2)oc2c1C(=O)CCC2. The number of ether oxygens (including phenoxy) is 1. The maximum atomic E-state index is 12.3. The van der Waals surface area contributed by atoms with Gasteiger partial charge in [-0.1, -0.05) is 11.6 Å². The van der Waals surface area contributed by atoms with E-state index < -0.39 is 0 Å². The van der Waals surface area contributed by atoms with Crippen LogP contribution in [0.2, 0.25) is 5.02 Å². The van der Waals surface area contributed by atoms with Gasteiger partial charge in [-0.2, -0.15) is 0 Å². The van der Waals surface area contributed by atoms with Crippen molar-refractivity contribution >= 4 is 23.3 Å². The zero-order valence-electron chi connectivity index (χ0n) is 13.4. The monoisotopic (exact) mass is 347 g/mol. The number of halogens is 1. The second-order valence-corrected chi connectivity index (χ2v) is 6.13. The lowest BCUT2D eigenvalue weighted by atomic mass is 9.94. The van der Waals surface area contributed by atoms with Crippen LogP contribution in [0.1, 0.15) is 45.1 Å². The highest BCUT2D eigenvalue weighted by Gasteiger charge is 2.28. The molecule has 5 nitrogen and oxygen atoms in total. The Morgan fingerprint density at radius 3 is 2.75 bits per heavy atom. The van der Waals surface area contributed by atoms with Crippen LogP contribution in [-0.4, -0.2) is 24.8 Å². The maximum Gasteiger partial charge on any atom is 0.287 e. The number of Topliss-reactive ketones (excluding diaryl/α,β-unsaturated/α-hetero) is 1. The van der Waals surface area contributed by atoms with Gasteiger partial charge < -0.3 is 14.5 Å². The zero-order chi connectivity index (χ0) is 17.1. The van der Waals surface area contributed by atoms with Gasteiger partial charge in [0.15, 0.2) is 11.5 Å². The Hall–Kier alpha value is -2.27. The third kappa shape index (κ3) is 3.46. The molecule has 0 radical (unpaired) electrons. The molecule has 24 heavy (non-hydrogen) atoms. The first-order chi connectivity index (χ1) is 11.6. The molecule has 3 rings (SSSR count). The molecule has 0 bridgehead atoms. The van der Waals surface area contributed by atoms with Crippen molar-refractivity contribution in [3.8, 4) is 5.75 Å². The molecule has 0 spiro atoms. The average molecular weight is 348 g/mol. The lowest BCUT2D eigenvalue weighted by Gasteiger charge is -2.07. The smallest absolute Gasteiger partial charge is 0.287 e. The molecule has 1 N–H and O–H groups in total. The van der Waals surface area contributed by atoms with Crippen LogP contribution in [0.3, 0.4) is 0 Å². The predicted molar refractivity (Wildman–Crippen MR) is 90.0 cm³/mol. The number of aryl methyl sites for hydroxylation is 1. The van der Waals surface area contributed by atoms with Crippen molar-refractivity contribution in [2.45, 2.75) is 26.2 Å². The molecule has 0 saturated heterocycles. The average Bonchev–Trinajstić information content (AvgIpc) is 2.91. The Kier molecular flexibility index (Phi) is 4.90. The van der Waals surface area contributed by atoms with Crippen LogP contribution < -0.4 is 10.1 Å².